The third kappa shape index (κ3) is 2.89. The quantitative estimate of drug-likeness (QED) is 0.859. The molecule has 0 heterocycles. The van der Waals surface area contributed by atoms with Crippen LogP contribution in [0.5, 0.6) is 0 Å². The number of rotatable bonds is 4. The molecule has 4 rings (SSSR count). The molecule has 3 heteroatoms. The van der Waals surface area contributed by atoms with Gasteiger partial charge in [0.1, 0.15) is 0 Å². The van der Waals surface area contributed by atoms with E-state index in [-0.39, 0.29) is 17.2 Å². The van der Waals surface area contributed by atoms with Gasteiger partial charge < -0.3 is 0 Å². The zero-order chi connectivity index (χ0) is 15.3. The molecular weight excluding hydrogens is 262 g/mol. The summed E-state index contributed by atoms with van der Waals surface area (Å²) in [6.07, 6.45) is 9.16. The molecule has 4 aliphatic rings. The van der Waals surface area contributed by atoms with Crippen LogP contribution < -0.4 is 5.32 Å². The van der Waals surface area contributed by atoms with Gasteiger partial charge in [-0.15, -0.1) is 0 Å². The Hall–Kier alpha value is -0.860. The first kappa shape index (κ1) is 15.1. The van der Waals surface area contributed by atoms with E-state index < -0.39 is 5.41 Å². The number of nitrogens with one attached hydrogen (secondary N) is 1. The lowest BCUT2D eigenvalue weighted by molar-refractivity contribution is -0.139. The van der Waals surface area contributed by atoms with Gasteiger partial charge in [-0.3, -0.25) is 14.9 Å². The van der Waals surface area contributed by atoms with Crippen LogP contribution in [0, 0.1) is 28.6 Å². The van der Waals surface area contributed by atoms with E-state index in [1.165, 1.54) is 38.5 Å². The summed E-state index contributed by atoms with van der Waals surface area (Å²) in [6, 6.07) is 0. The summed E-state index contributed by atoms with van der Waals surface area (Å²) in [5.41, 5.74) is -0.230. The molecular formula is C18H29NO2. The molecule has 4 saturated carbocycles. The van der Waals surface area contributed by atoms with E-state index in [0.717, 1.165) is 24.2 Å². The summed E-state index contributed by atoms with van der Waals surface area (Å²) >= 11 is 0. The van der Waals surface area contributed by atoms with Crippen molar-refractivity contribution in [3.63, 3.8) is 0 Å². The highest BCUT2D eigenvalue weighted by molar-refractivity contribution is 5.97. The summed E-state index contributed by atoms with van der Waals surface area (Å²) in [5, 5.41) is 2.67. The molecule has 21 heavy (non-hydrogen) atoms. The number of hydrogen-bond donors (Lipinski definition) is 1. The Morgan fingerprint density at radius 1 is 1.05 bits per heavy atom. The van der Waals surface area contributed by atoms with Gasteiger partial charge in [-0.25, -0.2) is 0 Å². The zero-order valence-corrected chi connectivity index (χ0v) is 13.7. The SMILES string of the molecule is CCC(C)(C)C(=O)NC(=O)CC12CC3CC(CC(C3)C1)C2. The molecule has 0 spiro atoms. The van der Waals surface area contributed by atoms with E-state index in [1.54, 1.807) is 0 Å². The van der Waals surface area contributed by atoms with E-state index in [4.69, 9.17) is 0 Å². The van der Waals surface area contributed by atoms with Gasteiger partial charge in [-0.05, 0) is 68.1 Å². The topological polar surface area (TPSA) is 46.2 Å². The highest BCUT2D eigenvalue weighted by atomic mass is 16.2. The molecule has 3 nitrogen and oxygen atoms in total. The van der Waals surface area contributed by atoms with Crippen molar-refractivity contribution in [2.45, 2.75) is 72.1 Å². The van der Waals surface area contributed by atoms with Crippen molar-refractivity contribution in [3.05, 3.63) is 0 Å². The van der Waals surface area contributed by atoms with Gasteiger partial charge in [0.05, 0.1) is 0 Å². The molecule has 4 bridgehead atoms. The summed E-state index contributed by atoms with van der Waals surface area (Å²) in [7, 11) is 0. The largest absolute Gasteiger partial charge is 0.296 e. The molecule has 4 aliphatic carbocycles. The van der Waals surface area contributed by atoms with Crippen LogP contribution in [-0.2, 0) is 9.59 Å². The van der Waals surface area contributed by atoms with Crippen LogP contribution in [0.25, 0.3) is 0 Å². The molecule has 2 amide bonds. The van der Waals surface area contributed by atoms with Crippen LogP contribution in [0.2, 0.25) is 0 Å². The van der Waals surface area contributed by atoms with Gasteiger partial charge in [0.2, 0.25) is 11.8 Å². The normalized spacial score (nSPS) is 37.6. The maximum absolute atomic E-state index is 12.4. The van der Waals surface area contributed by atoms with E-state index in [0.29, 0.717) is 6.42 Å². The molecule has 118 valence electrons. The Labute approximate surface area is 128 Å². The van der Waals surface area contributed by atoms with Crippen LogP contribution >= 0.6 is 0 Å². The Morgan fingerprint density at radius 2 is 1.52 bits per heavy atom. The highest BCUT2D eigenvalue weighted by Crippen LogP contribution is 2.61. The molecule has 1 N–H and O–H groups in total. The zero-order valence-electron chi connectivity index (χ0n) is 13.7. The Bertz CT molecular complexity index is 417. The van der Waals surface area contributed by atoms with Crippen LogP contribution in [-0.4, -0.2) is 11.8 Å². The molecule has 0 aromatic carbocycles. The standard InChI is InChI=1S/C18H29NO2/c1-4-17(2,3)16(21)19-15(20)11-18-8-12-5-13(9-18)7-14(6-12)10-18/h12-14H,4-11H2,1-3H3,(H,19,20,21). The van der Waals surface area contributed by atoms with E-state index in [1.807, 2.05) is 20.8 Å². The molecule has 0 atom stereocenters. The first-order chi connectivity index (χ1) is 9.82. The van der Waals surface area contributed by atoms with Crippen LogP contribution in [0.4, 0.5) is 0 Å². The van der Waals surface area contributed by atoms with Gasteiger partial charge >= 0.3 is 0 Å². The third-order valence-electron chi connectivity index (χ3n) is 6.45. The summed E-state index contributed by atoms with van der Waals surface area (Å²) in [4.78, 5) is 24.5. The van der Waals surface area contributed by atoms with Crippen molar-refractivity contribution in [3.8, 4) is 0 Å². The van der Waals surface area contributed by atoms with E-state index >= 15 is 0 Å². The second-order valence-electron chi connectivity index (χ2n) is 8.71. The number of amides is 2. The van der Waals surface area contributed by atoms with Crippen molar-refractivity contribution in [2.75, 3.05) is 0 Å². The smallest absolute Gasteiger partial charge is 0.232 e. The predicted octanol–water partition coefficient (Wildman–Crippen LogP) is 3.67. The maximum atomic E-state index is 12.4. The third-order valence-corrected chi connectivity index (χ3v) is 6.45. The summed E-state index contributed by atoms with van der Waals surface area (Å²) in [5.74, 6) is 2.41. The lowest BCUT2D eigenvalue weighted by Crippen LogP contribution is -2.49. The van der Waals surface area contributed by atoms with Crippen LogP contribution in [0.3, 0.4) is 0 Å². The highest BCUT2D eigenvalue weighted by Gasteiger charge is 2.51. The average Bonchev–Trinajstić information content (AvgIpc) is 2.35. The van der Waals surface area contributed by atoms with Crippen molar-refractivity contribution in [1.29, 1.82) is 0 Å². The van der Waals surface area contributed by atoms with Gasteiger partial charge in [-0.1, -0.05) is 20.8 Å². The average molecular weight is 291 g/mol. The monoisotopic (exact) mass is 291 g/mol. The van der Waals surface area contributed by atoms with Gasteiger partial charge in [0.15, 0.2) is 0 Å². The Kier molecular flexibility index (Phi) is 3.66. The molecule has 0 unspecified atom stereocenters. The molecule has 0 aliphatic heterocycles. The lowest BCUT2D eigenvalue weighted by atomic mass is 9.49. The molecule has 4 fully saturated rings. The van der Waals surface area contributed by atoms with Crippen molar-refractivity contribution in [1.82, 2.24) is 5.32 Å². The second kappa shape index (κ2) is 5.10. The minimum atomic E-state index is -0.447. The fraction of sp³-hybridized carbons (Fsp3) is 0.889. The van der Waals surface area contributed by atoms with Crippen LogP contribution in [0.1, 0.15) is 72.1 Å². The van der Waals surface area contributed by atoms with Crippen molar-refractivity contribution >= 4 is 11.8 Å². The minimum absolute atomic E-state index is 0.0384. The maximum Gasteiger partial charge on any atom is 0.232 e. The molecule has 0 aromatic heterocycles. The molecule has 0 saturated heterocycles. The first-order valence-corrected chi connectivity index (χ1v) is 8.66. The van der Waals surface area contributed by atoms with E-state index in [2.05, 4.69) is 5.32 Å². The van der Waals surface area contributed by atoms with Gasteiger partial charge in [-0.2, -0.15) is 0 Å². The Balaban J connectivity index is 1.62. The van der Waals surface area contributed by atoms with Gasteiger partial charge in [0.25, 0.3) is 0 Å². The molecule has 0 radical (unpaired) electrons. The van der Waals surface area contributed by atoms with Crippen molar-refractivity contribution < 1.29 is 9.59 Å². The number of carbonyl (C=O) groups is 2. The van der Waals surface area contributed by atoms with Crippen molar-refractivity contribution in [2.24, 2.45) is 28.6 Å². The lowest BCUT2D eigenvalue weighted by Gasteiger charge is -2.56. The number of hydrogen-bond acceptors (Lipinski definition) is 2. The van der Waals surface area contributed by atoms with Gasteiger partial charge in [0, 0.05) is 11.8 Å². The molecule has 0 aromatic rings. The van der Waals surface area contributed by atoms with E-state index in [9.17, 15) is 9.59 Å². The summed E-state index contributed by atoms with van der Waals surface area (Å²) < 4.78 is 0. The summed E-state index contributed by atoms with van der Waals surface area (Å²) in [6.45, 7) is 5.80. The fourth-order valence-corrected chi connectivity index (χ4v) is 5.35. The predicted molar refractivity (Wildman–Crippen MR) is 82.4 cm³/mol. The number of imide groups is 1. The fourth-order valence-electron chi connectivity index (χ4n) is 5.35. The Morgan fingerprint density at radius 3 is 1.95 bits per heavy atom. The van der Waals surface area contributed by atoms with Crippen LogP contribution in [0.15, 0.2) is 0 Å². The second-order valence-corrected chi connectivity index (χ2v) is 8.71. The minimum Gasteiger partial charge on any atom is -0.296 e. The first-order valence-electron chi connectivity index (χ1n) is 8.66. The number of carbonyl (C=O) groups excluding carboxylic acids is 2.